The number of hydrogen-bond donors (Lipinski definition) is 1. The Labute approximate surface area is 117 Å². The van der Waals surface area contributed by atoms with Crippen molar-refractivity contribution in [1.29, 1.82) is 0 Å². The van der Waals surface area contributed by atoms with Crippen LogP contribution >= 0.6 is 0 Å². The third kappa shape index (κ3) is 3.48. The Morgan fingerprint density at radius 3 is 2.32 bits per heavy atom. The molecular weight excluding hydrogens is 238 g/mol. The van der Waals surface area contributed by atoms with E-state index in [0.29, 0.717) is 11.3 Å². The molecule has 2 fully saturated rings. The van der Waals surface area contributed by atoms with Crippen molar-refractivity contribution in [2.24, 2.45) is 5.41 Å². The van der Waals surface area contributed by atoms with Gasteiger partial charge in [0.05, 0.1) is 6.04 Å². The van der Waals surface area contributed by atoms with Crippen molar-refractivity contribution in [1.82, 2.24) is 15.1 Å². The molecule has 19 heavy (non-hydrogen) atoms. The molecule has 0 aromatic rings. The Morgan fingerprint density at radius 2 is 1.79 bits per heavy atom. The van der Waals surface area contributed by atoms with Gasteiger partial charge in [0, 0.05) is 39.3 Å². The number of piperazine rings is 1. The van der Waals surface area contributed by atoms with Crippen molar-refractivity contribution in [2.45, 2.75) is 46.1 Å². The van der Waals surface area contributed by atoms with Crippen LogP contribution in [0.4, 0.5) is 0 Å². The highest BCUT2D eigenvalue weighted by molar-refractivity contribution is 5.81. The summed E-state index contributed by atoms with van der Waals surface area (Å²) in [4.78, 5) is 17.0. The molecule has 0 aromatic heterocycles. The van der Waals surface area contributed by atoms with E-state index in [2.05, 4.69) is 35.9 Å². The molecule has 1 atom stereocenters. The normalized spacial score (nSPS) is 26.2. The summed E-state index contributed by atoms with van der Waals surface area (Å²) >= 11 is 0. The van der Waals surface area contributed by atoms with Gasteiger partial charge >= 0.3 is 0 Å². The minimum Gasteiger partial charge on any atom is -0.341 e. The molecule has 2 saturated heterocycles. The third-order valence-corrected chi connectivity index (χ3v) is 5.19. The summed E-state index contributed by atoms with van der Waals surface area (Å²) in [5.74, 6) is 0.333. The monoisotopic (exact) mass is 267 g/mol. The lowest BCUT2D eigenvalue weighted by molar-refractivity contribution is -0.138. The predicted molar refractivity (Wildman–Crippen MR) is 78.1 cm³/mol. The fourth-order valence-electron chi connectivity index (χ4n) is 3.11. The number of rotatable bonds is 3. The van der Waals surface area contributed by atoms with Crippen molar-refractivity contribution >= 4 is 5.91 Å². The number of carbonyl (C=O) groups excluding carboxylic acids is 1. The van der Waals surface area contributed by atoms with Crippen LogP contribution in [0.5, 0.6) is 0 Å². The minimum absolute atomic E-state index is 0.0492. The van der Waals surface area contributed by atoms with Crippen LogP contribution in [-0.2, 0) is 4.79 Å². The fourth-order valence-corrected chi connectivity index (χ4v) is 3.11. The first-order chi connectivity index (χ1) is 9.06. The van der Waals surface area contributed by atoms with Gasteiger partial charge in [0.2, 0.25) is 5.91 Å². The van der Waals surface area contributed by atoms with E-state index in [1.165, 1.54) is 6.42 Å². The molecule has 4 heteroatoms. The molecule has 1 unspecified atom stereocenters. The van der Waals surface area contributed by atoms with Crippen molar-refractivity contribution in [3.05, 3.63) is 0 Å². The zero-order valence-corrected chi connectivity index (χ0v) is 12.7. The minimum atomic E-state index is 0.0492. The van der Waals surface area contributed by atoms with Crippen LogP contribution in [0.25, 0.3) is 0 Å². The summed E-state index contributed by atoms with van der Waals surface area (Å²) in [6.07, 6.45) is 3.54. The predicted octanol–water partition coefficient (Wildman–Crippen LogP) is 1.32. The van der Waals surface area contributed by atoms with Crippen LogP contribution in [0.1, 0.15) is 40.0 Å². The van der Waals surface area contributed by atoms with Gasteiger partial charge in [0.1, 0.15) is 0 Å². The maximum atomic E-state index is 12.6. The summed E-state index contributed by atoms with van der Waals surface area (Å²) in [5, 5.41) is 3.34. The van der Waals surface area contributed by atoms with Gasteiger partial charge in [-0.25, -0.2) is 0 Å². The second kappa shape index (κ2) is 6.23. The van der Waals surface area contributed by atoms with Crippen LogP contribution in [0.2, 0.25) is 0 Å². The van der Waals surface area contributed by atoms with E-state index < -0.39 is 0 Å². The molecule has 0 aliphatic carbocycles. The molecule has 0 saturated carbocycles. The highest BCUT2D eigenvalue weighted by atomic mass is 16.2. The van der Waals surface area contributed by atoms with Crippen molar-refractivity contribution in [2.75, 3.05) is 39.3 Å². The topological polar surface area (TPSA) is 35.6 Å². The molecule has 2 heterocycles. The molecule has 0 bridgehead atoms. The third-order valence-electron chi connectivity index (χ3n) is 5.19. The lowest BCUT2D eigenvalue weighted by Crippen LogP contribution is -2.55. The summed E-state index contributed by atoms with van der Waals surface area (Å²) in [6.45, 7) is 12.6. The molecule has 2 aliphatic heterocycles. The van der Waals surface area contributed by atoms with Crippen LogP contribution in [0, 0.1) is 5.41 Å². The van der Waals surface area contributed by atoms with E-state index in [0.717, 1.165) is 52.1 Å². The van der Waals surface area contributed by atoms with Crippen LogP contribution in [0.15, 0.2) is 0 Å². The standard InChI is InChI=1S/C15H29N3O/c1-4-15(3)5-9-18(10-6-15)14(19)13(2)17-11-7-16-8-12-17/h13,16H,4-12H2,1-3H3. The number of hydrogen-bond acceptors (Lipinski definition) is 3. The number of amides is 1. The van der Waals surface area contributed by atoms with Gasteiger partial charge in [-0.05, 0) is 25.2 Å². The smallest absolute Gasteiger partial charge is 0.239 e. The first-order valence-electron chi connectivity index (χ1n) is 7.79. The molecule has 110 valence electrons. The summed E-state index contributed by atoms with van der Waals surface area (Å²) in [6, 6.07) is 0.0492. The number of carbonyl (C=O) groups is 1. The first-order valence-corrected chi connectivity index (χ1v) is 7.79. The first kappa shape index (κ1) is 14.8. The van der Waals surface area contributed by atoms with Gasteiger partial charge in [-0.1, -0.05) is 20.3 Å². The Kier molecular flexibility index (Phi) is 4.85. The van der Waals surface area contributed by atoms with Gasteiger partial charge in [0.25, 0.3) is 0 Å². The Bertz CT molecular complexity index is 305. The molecule has 4 nitrogen and oxygen atoms in total. The van der Waals surface area contributed by atoms with Crippen molar-refractivity contribution in [3.8, 4) is 0 Å². The SMILES string of the molecule is CCC1(C)CCN(C(=O)C(C)N2CCNCC2)CC1. The molecule has 1 N–H and O–H groups in total. The van der Waals surface area contributed by atoms with E-state index in [4.69, 9.17) is 0 Å². The van der Waals surface area contributed by atoms with E-state index >= 15 is 0 Å². The van der Waals surface area contributed by atoms with E-state index in [-0.39, 0.29) is 6.04 Å². The lowest BCUT2D eigenvalue weighted by atomic mass is 9.78. The maximum Gasteiger partial charge on any atom is 0.239 e. The van der Waals surface area contributed by atoms with E-state index in [1.54, 1.807) is 0 Å². The average molecular weight is 267 g/mol. The second-order valence-electron chi connectivity index (χ2n) is 6.45. The lowest BCUT2D eigenvalue weighted by Gasteiger charge is -2.41. The zero-order chi connectivity index (χ0) is 13.9. The molecule has 2 rings (SSSR count). The van der Waals surface area contributed by atoms with Crippen LogP contribution in [-0.4, -0.2) is 61.0 Å². The summed E-state index contributed by atoms with van der Waals surface area (Å²) in [7, 11) is 0. The molecule has 0 spiro atoms. The average Bonchev–Trinajstić information content (AvgIpc) is 2.47. The van der Waals surface area contributed by atoms with Gasteiger partial charge in [-0.2, -0.15) is 0 Å². The molecule has 1 amide bonds. The largest absolute Gasteiger partial charge is 0.341 e. The van der Waals surface area contributed by atoms with Gasteiger partial charge in [-0.3, -0.25) is 9.69 Å². The van der Waals surface area contributed by atoms with E-state index in [1.807, 2.05) is 0 Å². The van der Waals surface area contributed by atoms with Crippen LogP contribution in [0.3, 0.4) is 0 Å². The quantitative estimate of drug-likeness (QED) is 0.838. The maximum absolute atomic E-state index is 12.6. The van der Waals surface area contributed by atoms with Crippen molar-refractivity contribution in [3.63, 3.8) is 0 Å². The molecule has 2 aliphatic rings. The number of nitrogens with zero attached hydrogens (tertiary/aromatic N) is 2. The molecule has 0 radical (unpaired) electrons. The van der Waals surface area contributed by atoms with E-state index in [9.17, 15) is 4.79 Å². The van der Waals surface area contributed by atoms with Crippen molar-refractivity contribution < 1.29 is 4.79 Å². The van der Waals surface area contributed by atoms with Gasteiger partial charge in [-0.15, -0.1) is 0 Å². The Hall–Kier alpha value is -0.610. The second-order valence-corrected chi connectivity index (χ2v) is 6.45. The Balaban J connectivity index is 1.86. The highest BCUT2D eigenvalue weighted by Crippen LogP contribution is 2.34. The highest BCUT2D eigenvalue weighted by Gasteiger charge is 2.33. The number of likely N-dealkylation sites (tertiary alicyclic amines) is 1. The summed E-state index contributed by atoms with van der Waals surface area (Å²) in [5.41, 5.74) is 0.453. The van der Waals surface area contributed by atoms with Gasteiger partial charge in [0.15, 0.2) is 0 Å². The molecule has 0 aromatic carbocycles. The summed E-state index contributed by atoms with van der Waals surface area (Å²) < 4.78 is 0. The fraction of sp³-hybridized carbons (Fsp3) is 0.933. The van der Waals surface area contributed by atoms with Gasteiger partial charge < -0.3 is 10.2 Å². The molecular formula is C15H29N3O. The zero-order valence-electron chi connectivity index (χ0n) is 12.7. The number of nitrogens with one attached hydrogen (secondary N) is 1. The number of piperidine rings is 1. The Morgan fingerprint density at radius 1 is 1.21 bits per heavy atom. The van der Waals surface area contributed by atoms with Crippen LogP contribution < -0.4 is 5.32 Å².